The monoisotopic (exact) mass is 248 g/mol. The van der Waals surface area contributed by atoms with Crippen LogP contribution in [-0.4, -0.2) is 16.7 Å². The normalized spacial score (nSPS) is 13.6. The number of hydrogen-bond donors (Lipinski definition) is 0. The van der Waals surface area contributed by atoms with Crippen molar-refractivity contribution in [3.05, 3.63) is 12.7 Å². The molecule has 0 aliphatic heterocycles. The van der Waals surface area contributed by atoms with Gasteiger partial charge in [-0.25, -0.2) is 0 Å². The Labute approximate surface area is 97.6 Å². The highest BCUT2D eigenvalue weighted by Gasteiger charge is 2.40. The fourth-order valence-electron chi connectivity index (χ4n) is 0.941. The molecule has 0 radical (unpaired) electrons. The second kappa shape index (κ2) is 4.82. The van der Waals surface area contributed by atoms with Gasteiger partial charge in [-0.1, -0.05) is 6.58 Å². The molecular weight excluding hydrogens is 227 g/mol. The first-order valence-corrected chi connectivity index (χ1v) is 6.62. The molecule has 0 aromatic carbocycles. The largest absolute Gasteiger partial charge is 0.401 e. The third kappa shape index (κ3) is 5.59. The molecule has 0 heterocycles. The summed E-state index contributed by atoms with van der Waals surface area (Å²) >= 11 is 0. The van der Waals surface area contributed by atoms with Gasteiger partial charge >= 0.3 is 7.60 Å². The van der Waals surface area contributed by atoms with Crippen LogP contribution in [0.5, 0.6) is 0 Å². The Balaban J connectivity index is 5.14. The maximum Gasteiger partial charge on any atom is 0.401 e. The third-order valence-corrected chi connectivity index (χ3v) is 3.53. The van der Waals surface area contributed by atoms with E-state index in [0.29, 0.717) is 0 Å². The third-order valence-electron chi connectivity index (χ3n) is 1.23. The van der Waals surface area contributed by atoms with Crippen LogP contribution in [0.4, 0.5) is 0 Å². The Kier molecular flexibility index (Phi) is 4.69. The highest BCUT2D eigenvalue weighted by atomic mass is 31.2. The molecule has 0 rings (SSSR count). The second-order valence-electron chi connectivity index (χ2n) is 5.45. The van der Waals surface area contributed by atoms with Crippen LogP contribution < -0.4 is 0 Å². The van der Waals surface area contributed by atoms with Crippen LogP contribution in [0.1, 0.15) is 41.5 Å². The van der Waals surface area contributed by atoms with Crippen molar-refractivity contribution in [2.24, 2.45) is 0 Å². The van der Waals surface area contributed by atoms with Crippen LogP contribution in [0.25, 0.3) is 0 Å². The van der Waals surface area contributed by atoms with E-state index in [1.807, 2.05) is 0 Å². The molecule has 0 aliphatic rings. The molecule has 0 atom stereocenters. The summed E-state index contributed by atoms with van der Waals surface area (Å²) in [6.07, 6.45) is 0.970. The van der Waals surface area contributed by atoms with Crippen molar-refractivity contribution < 1.29 is 18.4 Å². The van der Waals surface area contributed by atoms with E-state index in [2.05, 4.69) is 6.58 Å². The molecule has 5 heteroatoms. The van der Waals surface area contributed by atoms with Gasteiger partial charge in [0.15, 0.2) is 0 Å². The van der Waals surface area contributed by atoms with Crippen LogP contribution in [0, 0.1) is 0 Å². The molecule has 0 aromatic heterocycles. The Bertz CT molecular complexity index is 300. The van der Waals surface area contributed by atoms with Crippen molar-refractivity contribution in [2.75, 3.05) is 0 Å². The Morgan fingerprint density at radius 1 is 1.06 bits per heavy atom. The average Bonchev–Trinajstić information content (AvgIpc) is 1.95. The molecule has 4 nitrogen and oxygen atoms in total. The Morgan fingerprint density at radius 3 is 1.56 bits per heavy atom. The molecule has 0 amide bonds. The van der Waals surface area contributed by atoms with Gasteiger partial charge in [-0.2, -0.15) is 0 Å². The quantitative estimate of drug-likeness (QED) is 0.564. The molecule has 0 aliphatic carbocycles. The lowest BCUT2D eigenvalue weighted by Gasteiger charge is -2.30. The lowest BCUT2D eigenvalue weighted by Crippen LogP contribution is -2.26. The van der Waals surface area contributed by atoms with E-state index in [0.717, 1.165) is 6.08 Å². The minimum absolute atomic E-state index is 0.711. The predicted octanol–water partition coefficient (Wildman–Crippen LogP) is 3.52. The van der Waals surface area contributed by atoms with Gasteiger partial charge in [0.2, 0.25) is 0 Å². The maximum atomic E-state index is 12.3. The number of rotatable bonds is 4. The van der Waals surface area contributed by atoms with Gasteiger partial charge in [0.25, 0.3) is 5.52 Å². The lowest BCUT2D eigenvalue weighted by atomic mass is 10.2. The topological polar surface area (TPSA) is 52.6 Å². The molecule has 0 bridgehead atoms. The Morgan fingerprint density at radius 2 is 1.38 bits per heavy atom. The van der Waals surface area contributed by atoms with Crippen molar-refractivity contribution in [1.29, 1.82) is 0 Å². The highest BCUT2D eigenvalue weighted by molar-refractivity contribution is 7.72. The van der Waals surface area contributed by atoms with E-state index < -0.39 is 24.3 Å². The van der Waals surface area contributed by atoms with Crippen molar-refractivity contribution in [1.82, 2.24) is 0 Å². The summed E-state index contributed by atoms with van der Waals surface area (Å²) in [4.78, 5) is 11.6. The zero-order valence-corrected chi connectivity index (χ0v) is 11.8. The number of carbonyl (C=O) groups excluding carboxylic acids is 1. The minimum atomic E-state index is -3.81. The molecule has 94 valence electrons. The van der Waals surface area contributed by atoms with Crippen molar-refractivity contribution >= 4 is 13.1 Å². The summed E-state index contributed by atoms with van der Waals surface area (Å²) in [5, 5.41) is 0. The summed E-state index contributed by atoms with van der Waals surface area (Å²) in [7, 11) is -3.81. The summed E-state index contributed by atoms with van der Waals surface area (Å²) < 4.78 is 22.8. The lowest BCUT2D eigenvalue weighted by molar-refractivity contribution is -0.111. The summed E-state index contributed by atoms with van der Waals surface area (Å²) in [5.74, 6) is 0. The predicted molar refractivity (Wildman–Crippen MR) is 64.5 cm³/mol. The summed E-state index contributed by atoms with van der Waals surface area (Å²) in [6, 6.07) is 0. The second-order valence-corrected chi connectivity index (χ2v) is 7.25. The molecule has 0 aromatic rings. The van der Waals surface area contributed by atoms with Crippen LogP contribution in [-0.2, 0) is 18.4 Å². The average molecular weight is 248 g/mol. The smallest absolute Gasteiger partial charge is 0.297 e. The van der Waals surface area contributed by atoms with E-state index >= 15 is 0 Å². The highest BCUT2D eigenvalue weighted by Crippen LogP contribution is 2.55. The van der Waals surface area contributed by atoms with E-state index in [1.54, 1.807) is 41.5 Å². The van der Waals surface area contributed by atoms with Gasteiger partial charge in [0, 0.05) is 0 Å². The molecule has 0 N–H and O–H groups in total. The van der Waals surface area contributed by atoms with E-state index in [4.69, 9.17) is 9.05 Å². The maximum absolute atomic E-state index is 12.3. The molecule has 0 unspecified atom stereocenters. The first kappa shape index (κ1) is 15.6. The molecule has 0 saturated carbocycles. The van der Waals surface area contributed by atoms with Gasteiger partial charge in [0.05, 0.1) is 11.2 Å². The molecule has 0 fully saturated rings. The number of hydrogen-bond acceptors (Lipinski definition) is 4. The van der Waals surface area contributed by atoms with Crippen LogP contribution in [0.2, 0.25) is 0 Å². The fourth-order valence-corrected chi connectivity index (χ4v) is 2.82. The van der Waals surface area contributed by atoms with Crippen LogP contribution >= 0.6 is 7.60 Å². The van der Waals surface area contributed by atoms with Gasteiger partial charge in [-0.3, -0.25) is 18.4 Å². The van der Waals surface area contributed by atoms with E-state index in [9.17, 15) is 9.36 Å². The van der Waals surface area contributed by atoms with Gasteiger partial charge < -0.3 is 0 Å². The van der Waals surface area contributed by atoms with Gasteiger partial charge in [-0.15, -0.1) is 0 Å². The van der Waals surface area contributed by atoms with Crippen molar-refractivity contribution in [3.63, 3.8) is 0 Å². The summed E-state index contributed by atoms with van der Waals surface area (Å²) in [6.45, 7) is 13.6. The first-order valence-electron chi connectivity index (χ1n) is 5.08. The molecular formula is C11H21O4P. The van der Waals surface area contributed by atoms with Crippen LogP contribution in [0.15, 0.2) is 12.7 Å². The standard InChI is InChI=1S/C11H21O4P/c1-8-9(12)16(13,14-10(2,3)4)15-11(5,6)7/h8H,1H2,2-7H3. The minimum Gasteiger partial charge on any atom is -0.297 e. The number of allylic oxidation sites excluding steroid dienone is 1. The Hall–Kier alpha value is -0.440. The van der Waals surface area contributed by atoms with Crippen molar-refractivity contribution in [2.45, 2.75) is 52.7 Å². The fraction of sp³-hybridized carbons (Fsp3) is 0.727. The first-order chi connectivity index (χ1) is 6.90. The molecule has 16 heavy (non-hydrogen) atoms. The van der Waals surface area contributed by atoms with E-state index in [1.165, 1.54) is 0 Å². The summed E-state index contributed by atoms with van der Waals surface area (Å²) in [5.41, 5.74) is -2.16. The van der Waals surface area contributed by atoms with Gasteiger partial charge in [-0.05, 0) is 47.6 Å². The number of carbonyl (C=O) groups is 1. The molecule has 0 spiro atoms. The van der Waals surface area contributed by atoms with Crippen LogP contribution in [0.3, 0.4) is 0 Å². The zero-order chi connectivity index (χ0) is 13.2. The van der Waals surface area contributed by atoms with Crippen molar-refractivity contribution in [3.8, 4) is 0 Å². The van der Waals surface area contributed by atoms with E-state index in [-0.39, 0.29) is 0 Å². The van der Waals surface area contributed by atoms with Gasteiger partial charge in [0.1, 0.15) is 0 Å². The zero-order valence-electron chi connectivity index (χ0n) is 10.9. The SMILES string of the molecule is C=CC(=O)P(=O)(OC(C)(C)C)OC(C)(C)C. The molecule has 0 saturated heterocycles.